The van der Waals surface area contributed by atoms with Gasteiger partial charge in [0.2, 0.25) is 0 Å². The normalized spacial score (nSPS) is 10.3. The van der Waals surface area contributed by atoms with E-state index in [1.165, 1.54) is 4.90 Å². The van der Waals surface area contributed by atoms with Crippen molar-refractivity contribution in [2.24, 2.45) is 5.10 Å². The van der Waals surface area contributed by atoms with Gasteiger partial charge in [-0.2, -0.15) is 5.10 Å². The quantitative estimate of drug-likeness (QED) is 0.287. The van der Waals surface area contributed by atoms with Crippen molar-refractivity contribution in [3.63, 3.8) is 0 Å². The number of hydrogen-bond donors (Lipinski definition) is 2. The Bertz CT molecular complexity index is 680. The molecule has 0 saturated heterocycles. The number of halogens is 1. The number of benzene rings is 1. The lowest BCUT2D eigenvalue weighted by Gasteiger charge is -2.16. The van der Waals surface area contributed by atoms with Crippen molar-refractivity contribution in [3.05, 3.63) is 35.4 Å². The highest BCUT2D eigenvalue weighted by atomic mass is 35.5. The monoisotopic (exact) mass is 398 g/mol. The Labute approximate surface area is 164 Å². The highest BCUT2D eigenvalue weighted by molar-refractivity contribution is 7.80. The third-order valence-electron chi connectivity index (χ3n) is 2.96. The molecule has 0 spiro atoms. The summed E-state index contributed by atoms with van der Waals surface area (Å²) in [6.07, 6.45) is 3.23. The molecule has 1 aromatic rings. The van der Waals surface area contributed by atoms with Gasteiger partial charge in [0.05, 0.1) is 17.8 Å². The Balaban J connectivity index is 2.88. The lowest BCUT2D eigenvalue weighted by molar-refractivity contribution is -0.130. The van der Waals surface area contributed by atoms with E-state index in [-0.39, 0.29) is 12.5 Å². The number of nitrogens with zero attached hydrogens (tertiary/aromatic N) is 2. The first kappa shape index (κ1) is 21.7. The van der Waals surface area contributed by atoms with Gasteiger partial charge in [0.25, 0.3) is 5.91 Å². The van der Waals surface area contributed by atoms with Crippen molar-refractivity contribution in [3.8, 4) is 11.5 Å². The highest BCUT2D eigenvalue weighted by Gasteiger charge is 2.14. The van der Waals surface area contributed by atoms with Gasteiger partial charge >= 0.3 is 0 Å². The van der Waals surface area contributed by atoms with Crippen molar-refractivity contribution in [1.82, 2.24) is 15.6 Å². The van der Waals surface area contributed by atoms with E-state index in [0.29, 0.717) is 40.3 Å². The molecule has 0 unspecified atom stereocenters. The first-order valence-corrected chi connectivity index (χ1v) is 8.64. The molecular formula is C17H23ClN4O3S. The SMILES string of the molecule is C=CCNC(=S)N/N=C\c1cc(Cl)c(OCC(=O)N(C)C)c(OCC)c1. The van der Waals surface area contributed by atoms with Crippen molar-refractivity contribution in [2.75, 3.05) is 33.9 Å². The summed E-state index contributed by atoms with van der Waals surface area (Å²) in [6, 6.07) is 3.38. The van der Waals surface area contributed by atoms with Gasteiger partial charge in [-0.1, -0.05) is 17.7 Å². The summed E-state index contributed by atoms with van der Waals surface area (Å²) in [5, 5.41) is 7.61. The van der Waals surface area contributed by atoms with Crippen LogP contribution < -0.4 is 20.2 Å². The highest BCUT2D eigenvalue weighted by Crippen LogP contribution is 2.36. The van der Waals surface area contributed by atoms with E-state index in [0.717, 1.165) is 0 Å². The molecule has 0 aliphatic carbocycles. The van der Waals surface area contributed by atoms with Crippen LogP contribution in [0.5, 0.6) is 11.5 Å². The van der Waals surface area contributed by atoms with Crippen LogP contribution in [0.4, 0.5) is 0 Å². The van der Waals surface area contributed by atoms with Crippen LogP contribution in [0.15, 0.2) is 29.9 Å². The number of amides is 1. The number of rotatable bonds is 9. The molecule has 9 heteroatoms. The molecule has 0 aromatic heterocycles. The van der Waals surface area contributed by atoms with Crippen molar-refractivity contribution in [2.45, 2.75) is 6.92 Å². The first-order chi connectivity index (χ1) is 12.4. The molecular weight excluding hydrogens is 376 g/mol. The number of hydrogen-bond acceptors (Lipinski definition) is 5. The molecule has 0 heterocycles. The molecule has 0 radical (unpaired) electrons. The second-order valence-corrected chi connectivity index (χ2v) is 6.02. The predicted octanol–water partition coefficient (Wildman–Crippen LogP) is 2.19. The van der Waals surface area contributed by atoms with Crippen LogP contribution in [0.3, 0.4) is 0 Å². The van der Waals surface area contributed by atoms with E-state index < -0.39 is 0 Å². The molecule has 0 aliphatic heterocycles. The lowest BCUT2D eigenvalue weighted by Crippen LogP contribution is -2.31. The van der Waals surface area contributed by atoms with Gasteiger partial charge in [0, 0.05) is 20.6 Å². The minimum Gasteiger partial charge on any atom is -0.490 e. The summed E-state index contributed by atoms with van der Waals surface area (Å²) in [6.45, 7) is 6.26. The number of carbonyl (C=O) groups is 1. The third-order valence-corrected chi connectivity index (χ3v) is 3.47. The van der Waals surface area contributed by atoms with E-state index in [2.05, 4.69) is 22.4 Å². The van der Waals surface area contributed by atoms with Gasteiger partial charge in [0.1, 0.15) is 0 Å². The number of nitrogens with one attached hydrogen (secondary N) is 2. The minimum atomic E-state index is -0.182. The van der Waals surface area contributed by atoms with Gasteiger partial charge in [-0.25, -0.2) is 0 Å². The van der Waals surface area contributed by atoms with E-state index in [4.69, 9.17) is 33.3 Å². The Kier molecular flexibility index (Phi) is 9.46. The van der Waals surface area contributed by atoms with Crippen LogP contribution in [0.1, 0.15) is 12.5 Å². The average Bonchev–Trinajstić information content (AvgIpc) is 2.59. The van der Waals surface area contributed by atoms with Gasteiger partial charge in [0.15, 0.2) is 23.2 Å². The van der Waals surface area contributed by atoms with Crippen molar-refractivity contribution in [1.29, 1.82) is 0 Å². The molecule has 2 N–H and O–H groups in total. The second kappa shape index (κ2) is 11.3. The lowest BCUT2D eigenvalue weighted by atomic mass is 10.2. The van der Waals surface area contributed by atoms with Gasteiger partial charge in [-0.3, -0.25) is 10.2 Å². The summed E-state index contributed by atoms with van der Waals surface area (Å²) in [4.78, 5) is 13.1. The number of hydrazone groups is 1. The van der Waals surface area contributed by atoms with Gasteiger partial charge in [-0.05, 0) is 36.8 Å². The zero-order valence-corrected chi connectivity index (χ0v) is 16.6. The Morgan fingerprint density at radius 3 is 2.77 bits per heavy atom. The summed E-state index contributed by atoms with van der Waals surface area (Å²) < 4.78 is 11.1. The zero-order chi connectivity index (χ0) is 19.5. The zero-order valence-electron chi connectivity index (χ0n) is 15.0. The van der Waals surface area contributed by atoms with Crippen LogP contribution in [-0.4, -0.2) is 56.0 Å². The van der Waals surface area contributed by atoms with E-state index >= 15 is 0 Å². The molecule has 7 nitrogen and oxygen atoms in total. The molecule has 1 amide bonds. The van der Waals surface area contributed by atoms with Crippen molar-refractivity contribution >= 4 is 41.1 Å². The third kappa shape index (κ3) is 7.28. The maximum Gasteiger partial charge on any atom is 0.259 e. The largest absolute Gasteiger partial charge is 0.490 e. The average molecular weight is 399 g/mol. The molecule has 26 heavy (non-hydrogen) atoms. The predicted molar refractivity (Wildman–Crippen MR) is 108 cm³/mol. The Morgan fingerprint density at radius 1 is 1.42 bits per heavy atom. The van der Waals surface area contributed by atoms with E-state index in [1.54, 1.807) is 38.5 Å². The molecule has 0 aliphatic rings. The van der Waals surface area contributed by atoms with E-state index in [1.807, 2.05) is 6.92 Å². The molecule has 1 rings (SSSR count). The standard InChI is InChI=1S/C17H23ClN4O3S/c1-5-7-19-17(26)21-20-10-12-8-13(18)16(14(9-12)24-6-2)25-11-15(23)22(3)4/h5,8-10H,1,6-7,11H2,2-4H3,(H2,19,21,26)/b20-10-. The first-order valence-electron chi connectivity index (χ1n) is 7.86. The van der Waals surface area contributed by atoms with Crippen LogP contribution in [-0.2, 0) is 4.79 Å². The Hall–Kier alpha value is -2.32. The molecule has 142 valence electrons. The second-order valence-electron chi connectivity index (χ2n) is 5.21. The smallest absolute Gasteiger partial charge is 0.259 e. The summed E-state index contributed by atoms with van der Waals surface area (Å²) in [5.41, 5.74) is 3.36. The fraction of sp³-hybridized carbons (Fsp3) is 0.353. The number of likely N-dealkylation sites (N-methyl/N-ethyl adjacent to an activating group) is 1. The molecule has 0 saturated carbocycles. The molecule has 0 fully saturated rings. The van der Waals surface area contributed by atoms with Crippen LogP contribution in [0.25, 0.3) is 0 Å². The van der Waals surface area contributed by atoms with Crippen LogP contribution in [0, 0.1) is 0 Å². The molecule has 1 aromatic carbocycles. The maximum absolute atomic E-state index is 11.7. The van der Waals surface area contributed by atoms with Gasteiger partial charge < -0.3 is 19.7 Å². The number of ether oxygens (including phenoxy) is 2. The minimum absolute atomic E-state index is 0.134. The number of carbonyl (C=O) groups excluding carboxylic acids is 1. The summed E-state index contributed by atoms with van der Waals surface area (Å²) in [7, 11) is 3.30. The van der Waals surface area contributed by atoms with E-state index in [9.17, 15) is 4.79 Å². The van der Waals surface area contributed by atoms with Crippen LogP contribution >= 0.6 is 23.8 Å². The summed E-state index contributed by atoms with van der Waals surface area (Å²) in [5.74, 6) is 0.566. The van der Waals surface area contributed by atoms with Crippen LogP contribution in [0.2, 0.25) is 5.02 Å². The fourth-order valence-electron chi connectivity index (χ4n) is 1.70. The maximum atomic E-state index is 11.7. The van der Waals surface area contributed by atoms with Crippen molar-refractivity contribution < 1.29 is 14.3 Å². The number of thiocarbonyl (C=S) groups is 1. The van der Waals surface area contributed by atoms with Gasteiger partial charge in [-0.15, -0.1) is 6.58 Å². The Morgan fingerprint density at radius 2 is 2.15 bits per heavy atom. The molecule has 0 bridgehead atoms. The molecule has 0 atom stereocenters. The topological polar surface area (TPSA) is 75.2 Å². The fourth-order valence-corrected chi connectivity index (χ4v) is 2.11. The summed E-state index contributed by atoms with van der Waals surface area (Å²) >= 11 is 11.3.